The van der Waals surface area contributed by atoms with E-state index in [1.165, 1.54) is 12.0 Å². The third-order valence-corrected chi connectivity index (χ3v) is 9.13. The van der Waals surface area contributed by atoms with E-state index in [0.717, 1.165) is 49.8 Å². The Hall–Kier alpha value is -2.72. The second-order valence-corrected chi connectivity index (χ2v) is 12.5. The Balaban J connectivity index is 1.73. The van der Waals surface area contributed by atoms with Crippen molar-refractivity contribution in [3.05, 3.63) is 72.8 Å². The van der Waals surface area contributed by atoms with Crippen LogP contribution in [0, 0.1) is 17.3 Å². The van der Waals surface area contributed by atoms with Crippen molar-refractivity contribution in [2.24, 2.45) is 17.3 Å². The summed E-state index contributed by atoms with van der Waals surface area (Å²) in [5, 5.41) is 10.9. The highest BCUT2D eigenvalue weighted by molar-refractivity contribution is 5.56. The fraction of sp³-hybridized carbons (Fsp3) is 0.529. The van der Waals surface area contributed by atoms with Crippen LogP contribution in [0.1, 0.15) is 77.3 Å². The maximum Gasteiger partial charge on any atom is 0.204 e. The molecule has 0 spiro atoms. The van der Waals surface area contributed by atoms with E-state index in [-0.39, 0.29) is 11.3 Å². The van der Waals surface area contributed by atoms with Gasteiger partial charge in [0, 0.05) is 5.92 Å². The Morgan fingerprint density at radius 3 is 2.26 bits per heavy atom. The largest absolute Gasteiger partial charge is 0.493 e. The first-order valence-corrected chi connectivity index (χ1v) is 14.1. The minimum absolute atomic E-state index is 0.187. The van der Waals surface area contributed by atoms with E-state index in [1.54, 1.807) is 7.11 Å². The zero-order valence-corrected chi connectivity index (χ0v) is 24.0. The van der Waals surface area contributed by atoms with Gasteiger partial charge in [-0.15, -0.1) is 13.2 Å². The summed E-state index contributed by atoms with van der Waals surface area (Å²) in [6, 6.07) is 12.2. The third-order valence-electron chi connectivity index (χ3n) is 9.13. The van der Waals surface area contributed by atoms with Gasteiger partial charge in [0.15, 0.2) is 11.5 Å². The van der Waals surface area contributed by atoms with Gasteiger partial charge in [0.2, 0.25) is 5.75 Å². The zero-order valence-electron chi connectivity index (χ0n) is 24.0. The van der Waals surface area contributed by atoms with Crippen LogP contribution >= 0.6 is 0 Å². The van der Waals surface area contributed by atoms with Gasteiger partial charge in [0.05, 0.1) is 12.7 Å². The first-order chi connectivity index (χ1) is 18.0. The van der Waals surface area contributed by atoms with Crippen LogP contribution in [0.15, 0.2) is 61.7 Å². The molecular formula is C34H46O4. The molecule has 0 bridgehead atoms. The Kier molecular flexibility index (Phi) is 8.32. The quantitative estimate of drug-likeness (QED) is 0.321. The minimum atomic E-state index is -0.699. The Labute approximate surface area is 229 Å². The van der Waals surface area contributed by atoms with Crippen molar-refractivity contribution in [3.8, 4) is 23.0 Å². The van der Waals surface area contributed by atoms with Gasteiger partial charge < -0.3 is 19.3 Å². The van der Waals surface area contributed by atoms with Crippen molar-refractivity contribution < 1.29 is 19.3 Å². The summed E-state index contributed by atoms with van der Waals surface area (Å²) in [7, 11) is 1.69. The van der Waals surface area contributed by atoms with Crippen molar-refractivity contribution in [2.45, 2.75) is 90.3 Å². The molecule has 2 aliphatic rings. The third kappa shape index (κ3) is 5.96. The number of fused-ring (bicyclic) bond motifs is 1. The van der Waals surface area contributed by atoms with Gasteiger partial charge in [0.25, 0.3) is 0 Å². The molecule has 38 heavy (non-hydrogen) atoms. The Morgan fingerprint density at radius 1 is 0.974 bits per heavy atom. The summed E-state index contributed by atoms with van der Waals surface area (Å²) in [6.07, 6.45) is 11.7. The normalized spacial score (nSPS) is 27.2. The summed E-state index contributed by atoms with van der Waals surface area (Å²) >= 11 is 0. The fourth-order valence-electron chi connectivity index (χ4n) is 6.90. The number of ether oxygens (including phenoxy) is 3. The monoisotopic (exact) mass is 518 g/mol. The Bertz CT molecular complexity index is 1130. The molecule has 0 radical (unpaired) electrons. The predicted molar refractivity (Wildman–Crippen MR) is 155 cm³/mol. The molecule has 2 fully saturated rings. The highest BCUT2D eigenvalue weighted by Gasteiger charge is 2.55. The molecule has 4 atom stereocenters. The number of aliphatic hydroxyl groups is 1. The molecule has 4 nitrogen and oxygen atoms in total. The maximum atomic E-state index is 10.9. The number of allylic oxidation sites excluding steroid dienone is 2. The minimum Gasteiger partial charge on any atom is -0.493 e. The maximum absolute atomic E-state index is 10.9. The molecule has 4 rings (SSSR count). The number of methoxy groups -OCH3 is 1. The topological polar surface area (TPSA) is 47.9 Å². The molecule has 0 unspecified atom stereocenters. The molecule has 206 valence electrons. The van der Waals surface area contributed by atoms with Gasteiger partial charge in [-0.25, -0.2) is 0 Å². The molecule has 2 aromatic carbocycles. The summed E-state index contributed by atoms with van der Waals surface area (Å²) in [5.74, 6) is 3.29. The number of hydrogen-bond acceptors (Lipinski definition) is 4. The highest BCUT2D eigenvalue weighted by Crippen LogP contribution is 2.59. The molecule has 1 N–H and O–H groups in total. The van der Waals surface area contributed by atoms with Crippen molar-refractivity contribution >= 4 is 0 Å². The van der Waals surface area contributed by atoms with Gasteiger partial charge in [-0.1, -0.05) is 31.2 Å². The molecular weight excluding hydrogens is 472 g/mol. The van der Waals surface area contributed by atoms with Gasteiger partial charge in [-0.3, -0.25) is 0 Å². The average molecular weight is 519 g/mol. The van der Waals surface area contributed by atoms with Crippen LogP contribution in [-0.2, 0) is 12.8 Å². The van der Waals surface area contributed by atoms with E-state index in [9.17, 15) is 5.11 Å². The van der Waals surface area contributed by atoms with Crippen LogP contribution < -0.4 is 14.2 Å². The molecule has 2 aliphatic carbocycles. The summed E-state index contributed by atoms with van der Waals surface area (Å²) in [4.78, 5) is 0. The lowest BCUT2D eigenvalue weighted by atomic mass is 9.52. The van der Waals surface area contributed by atoms with Crippen LogP contribution in [0.2, 0.25) is 0 Å². The van der Waals surface area contributed by atoms with E-state index >= 15 is 0 Å². The number of benzene rings is 2. The zero-order chi connectivity index (χ0) is 27.6. The molecule has 0 aromatic heterocycles. The van der Waals surface area contributed by atoms with Crippen molar-refractivity contribution in [1.82, 2.24) is 0 Å². The molecule has 4 heteroatoms. The second-order valence-electron chi connectivity index (χ2n) is 12.5. The average Bonchev–Trinajstić information content (AvgIpc) is 2.86. The molecule has 0 saturated heterocycles. The van der Waals surface area contributed by atoms with E-state index in [0.29, 0.717) is 29.6 Å². The molecule has 0 heterocycles. The standard InChI is InChI=1S/C34H46O4/c1-8-11-24-13-15-27(16-14-24)37-29-22-25(12-9-2)21-28(36-7)31(29)38-34(6)19-10-18-33(5)20-17-26(23-30(33)34)32(3,4)35/h8-9,13-16,21-22,26,30,35H,1-2,10-12,17-20,23H2,3-7H3/t26-,30-,33-,34-/m1/s1. The number of hydrogen-bond donors (Lipinski definition) is 1. The van der Waals surface area contributed by atoms with E-state index in [2.05, 4.69) is 39.1 Å². The van der Waals surface area contributed by atoms with Crippen LogP contribution in [0.5, 0.6) is 23.0 Å². The van der Waals surface area contributed by atoms with Gasteiger partial charge in [-0.2, -0.15) is 0 Å². The van der Waals surface area contributed by atoms with Gasteiger partial charge in [-0.05, 0) is 119 Å². The summed E-state index contributed by atoms with van der Waals surface area (Å²) in [5.41, 5.74) is 1.33. The van der Waals surface area contributed by atoms with E-state index in [4.69, 9.17) is 14.2 Å². The van der Waals surface area contributed by atoms with Crippen LogP contribution in [0.3, 0.4) is 0 Å². The van der Waals surface area contributed by atoms with Crippen LogP contribution in [0.25, 0.3) is 0 Å². The lowest BCUT2D eigenvalue weighted by Gasteiger charge is -2.57. The first-order valence-electron chi connectivity index (χ1n) is 14.1. The van der Waals surface area contributed by atoms with Crippen LogP contribution in [0.4, 0.5) is 0 Å². The lowest BCUT2D eigenvalue weighted by molar-refractivity contribution is -0.132. The fourth-order valence-corrected chi connectivity index (χ4v) is 6.90. The van der Waals surface area contributed by atoms with Gasteiger partial charge >= 0.3 is 0 Å². The summed E-state index contributed by atoms with van der Waals surface area (Å²) < 4.78 is 19.5. The molecule has 2 saturated carbocycles. The molecule has 0 amide bonds. The van der Waals surface area contributed by atoms with E-state index in [1.807, 2.05) is 50.3 Å². The molecule has 2 aromatic rings. The lowest BCUT2D eigenvalue weighted by Crippen LogP contribution is -2.56. The van der Waals surface area contributed by atoms with Gasteiger partial charge in [0.1, 0.15) is 11.4 Å². The molecule has 0 aliphatic heterocycles. The first kappa shape index (κ1) is 28.3. The van der Waals surface area contributed by atoms with Crippen molar-refractivity contribution in [1.29, 1.82) is 0 Å². The second kappa shape index (κ2) is 11.2. The van der Waals surface area contributed by atoms with Crippen LogP contribution in [-0.4, -0.2) is 23.4 Å². The number of rotatable bonds is 10. The van der Waals surface area contributed by atoms with Crippen molar-refractivity contribution in [3.63, 3.8) is 0 Å². The van der Waals surface area contributed by atoms with Crippen molar-refractivity contribution in [2.75, 3.05) is 7.11 Å². The predicted octanol–water partition coefficient (Wildman–Crippen LogP) is 8.46. The SMILES string of the molecule is C=CCc1ccc(Oc2cc(CC=C)cc(OC)c2O[C@]2(C)CCC[C@]3(C)CC[C@@H](C(C)(C)O)C[C@H]32)cc1. The Morgan fingerprint density at radius 2 is 1.63 bits per heavy atom. The highest BCUT2D eigenvalue weighted by atomic mass is 16.6. The smallest absolute Gasteiger partial charge is 0.204 e. The summed E-state index contributed by atoms with van der Waals surface area (Å²) in [6.45, 7) is 16.3. The van der Waals surface area contributed by atoms with E-state index < -0.39 is 11.2 Å².